The molecule has 1 saturated carbocycles. The zero-order chi connectivity index (χ0) is 20.9. The highest BCUT2D eigenvalue weighted by Gasteiger charge is 2.55. The van der Waals surface area contributed by atoms with E-state index in [1.165, 1.54) is 12.1 Å². The molecule has 0 spiro atoms. The molecule has 2 atom stereocenters. The van der Waals surface area contributed by atoms with Crippen LogP contribution in [0.25, 0.3) is 0 Å². The summed E-state index contributed by atoms with van der Waals surface area (Å²) >= 11 is 6.01. The van der Waals surface area contributed by atoms with Gasteiger partial charge in [-0.2, -0.15) is 13.2 Å². The Morgan fingerprint density at radius 3 is 2.55 bits per heavy atom. The van der Waals surface area contributed by atoms with Gasteiger partial charge in [-0.15, -0.1) is 0 Å². The lowest BCUT2D eigenvalue weighted by Gasteiger charge is -2.25. The molecule has 2 aromatic rings. The fourth-order valence-electron chi connectivity index (χ4n) is 4.44. The zero-order valence-corrected chi connectivity index (χ0v) is 16.9. The Balaban J connectivity index is 1.59. The maximum absolute atomic E-state index is 13.2. The fourth-order valence-corrected chi connectivity index (χ4v) is 4.75. The summed E-state index contributed by atoms with van der Waals surface area (Å²) in [7, 11) is 3.90. The Kier molecular flexibility index (Phi) is 5.11. The molecular weight excluding hydrogens is 405 g/mol. The van der Waals surface area contributed by atoms with E-state index < -0.39 is 22.7 Å². The number of aromatic nitrogens is 2. The lowest BCUT2D eigenvalue weighted by atomic mass is 10.1. The van der Waals surface area contributed by atoms with Crippen molar-refractivity contribution < 1.29 is 18.0 Å². The highest BCUT2D eigenvalue weighted by Crippen LogP contribution is 2.51. The van der Waals surface area contributed by atoms with Crippen molar-refractivity contribution in [1.29, 1.82) is 0 Å². The standard InChI is InChI=1S/C20H22ClF3N4O/c1-26-8-14-15(9-26)16(14)10-28(7-12-6-27(2)11-25-12)19(29)13-4-3-5-17(18(13)21)20(22,23)24/h3-6,11,14-16H,7-10H2,1-2H3. The molecule has 2 unspecified atom stereocenters. The number of hydrogen-bond donors (Lipinski definition) is 0. The predicted octanol–water partition coefficient (Wildman–Crippen LogP) is 3.54. The molecule has 2 aliphatic rings. The van der Waals surface area contributed by atoms with Gasteiger partial charge in [0.2, 0.25) is 0 Å². The van der Waals surface area contributed by atoms with Gasteiger partial charge in [-0.3, -0.25) is 4.79 Å². The Hall–Kier alpha value is -2.06. The van der Waals surface area contributed by atoms with E-state index in [-0.39, 0.29) is 12.1 Å². The van der Waals surface area contributed by atoms with Crippen LogP contribution in [0.15, 0.2) is 30.7 Å². The number of hydrogen-bond acceptors (Lipinski definition) is 3. The minimum Gasteiger partial charge on any atom is -0.340 e. The van der Waals surface area contributed by atoms with Crippen molar-refractivity contribution in [3.63, 3.8) is 0 Å². The first-order valence-electron chi connectivity index (χ1n) is 9.45. The van der Waals surface area contributed by atoms with Crippen LogP contribution in [0.2, 0.25) is 5.02 Å². The number of imidazole rings is 1. The number of benzene rings is 1. The second-order valence-electron chi connectivity index (χ2n) is 8.09. The van der Waals surface area contributed by atoms with Crippen molar-refractivity contribution in [3.05, 3.63) is 52.6 Å². The largest absolute Gasteiger partial charge is 0.417 e. The highest BCUT2D eigenvalue weighted by atomic mass is 35.5. The number of fused-ring (bicyclic) bond motifs is 1. The SMILES string of the molecule is CN1CC2C(C1)C2CN(Cc1cn(C)cn1)C(=O)c1cccc(C(F)(F)F)c1Cl. The molecule has 1 aliphatic carbocycles. The number of carbonyl (C=O) groups is 1. The summed E-state index contributed by atoms with van der Waals surface area (Å²) < 4.78 is 41.5. The van der Waals surface area contributed by atoms with Crippen molar-refractivity contribution in [3.8, 4) is 0 Å². The average Bonchev–Trinajstić information content (AvgIpc) is 2.96. The van der Waals surface area contributed by atoms with Crippen molar-refractivity contribution in [1.82, 2.24) is 19.4 Å². The number of aryl methyl sites for hydroxylation is 1. The molecule has 2 heterocycles. The van der Waals surface area contributed by atoms with E-state index in [1.54, 1.807) is 22.0 Å². The average molecular weight is 427 g/mol. The molecule has 0 radical (unpaired) electrons. The van der Waals surface area contributed by atoms with Gasteiger partial charge < -0.3 is 14.4 Å². The van der Waals surface area contributed by atoms with Crippen LogP contribution in [-0.2, 0) is 19.8 Å². The van der Waals surface area contributed by atoms with Crippen LogP contribution < -0.4 is 0 Å². The van der Waals surface area contributed by atoms with E-state index in [0.29, 0.717) is 30.0 Å². The van der Waals surface area contributed by atoms with E-state index >= 15 is 0 Å². The van der Waals surface area contributed by atoms with E-state index in [4.69, 9.17) is 11.6 Å². The summed E-state index contributed by atoms with van der Waals surface area (Å²) in [4.78, 5) is 21.4. The zero-order valence-electron chi connectivity index (χ0n) is 16.2. The molecule has 156 valence electrons. The number of piperidine rings is 1. The third-order valence-electron chi connectivity index (χ3n) is 5.92. The number of rotatable bonds is 5. The minimum absolute atomic E-state index is 0.125. The van der Waals surface area contributed by atoms with Crippen molar-refractivity contribution >= 4 is 17.5 Å². The summed E-state index contributed by atoms with van der Waals surface area (Å²) in [5, 5.41) is -0.549. The van der Waals surface area contributed by atoms with Gasteiger partial charge in [0.05, 0.1) is 34.7 Å². The smallest absolute Gasteiger partial charge is 0.340 e. The first-order chi connectivity index (χ1) is 13.6. The molecular formula is C20H22ClF3N4O. The van der Waals surface area contributed by atoms with E-state index in [9.17, 15) is 18.0 Å². The van der Waals surface area contributed by atoms with Gasteiger partial charge in [0.25, 0.3) is 5.91 Å². The fraction of sp³-hybridized carbons (Fsp3) is 0.500. The number of alkyl halides is 3. The second-order valence-corrected chi connectivity index (χ2v) is 8.47. The van der Waals surface area contributed by atoms with Gasteiger partial charge in [0.15, 0.2) is 0 Å². The topological polar surface area (TPSA) is 41.4 Å². The van der Waals surface area contributed by atoms with Crippen LogP contribution in [0.1, 0.15) is 21.6 Å². The monoisotopic (exact) mass is 426 g/mol. The number of nitrogens with zero attached hydrogens (tertiary/aromatic N) is 4. The molecule has 1 amide bonds. The summed E-state index contributed by atoms with van der Waals surface area (Å²) in [5.74, 6) is 0.945. The predicted molar refractivity (Wildman–Crippen MR) is 102 cm³/mol. The summed E-state index contributed by atoms with van der Waals surface area (Å²) in [6, 6.07) is 3.47. The Morgan fingerprint density at radius 1 is 1.28 bits per heavy atom. The van der Waals surface area contributed by atoms with Crippen LogP contribution in [-0.4, -0.2) is 51.9 Å². The van der Waals surface area contributed by atoms with Gasteiger partial charge in [0, 0.05) is 32.9 Å². The summed E-state index contributed by atoms with van der Waals surface area (Å²) in [5.41, 5.74) is -0.431. The molecule has 2 fully saturated rings. The number of carbonyl (C=O) groups excluding carboxylic acids is 1. The molecule has 4 rings (SSSR count). The molecule has 5 nitrogen and oxygen atoms in total. The van der Waals surface area contributed by atoms with Crippen molar-refractivity contribution in [2.45, 2.75) is 12.7 Å². The van der Waals surface area contributed by atoms with Crippen LogP contribution >= 0.6 is 11.6 Å². The lowest BCUT2D eigenvalue weighted by Crippen LogP contribution is -2.35. The van der Waals surface area contributed by atoms with Gasteiger partial charge in [-0.1, -0.05) is 17.7 Å². The molecule has 1 aromatic heterocycles. The third kappa shape index (κ3) is 4.00. The van der Waals surface area contributed by atoms with Crippen LogP contribution in [0, 0.1) is 17.8 Å². The Morgan fingerprint density at radius 2 is 1.97 bits per heavy atom. The molecule has 9 heteroatoms. The maximum atomic E-state index is 13.2. The van der Waals surface area contributed by atoms with Crippen LogP contribution in [0.5, 0.6) is 0 Å². The molecule has 29 heavy (non-hydrogen) atoms. The van der Waals surface area contributed by atoms with E-state index in [1.807, 2.05) is 7.05 Å². The Labute approximate surface area is 172 Å². The van der Waals surface area contributed by atoms with Gasteiger partial charge >= 0.3 is 6.18 Å². The van der Waals surface area contributed by atoms with E-state index in [2.05, 4.69) is 16.9 Å². The van der Waals surface area contributed by atoms with Crippen molar-refractivity contribution in [2.24, 2.45) is 24.8 Å². The molecule has 0 N–H and O–H groups in total. The lowest BCUT2D eigenvalue weighted by molar-refractivity contribution is -0.137. The van der Waals surface area contributed by atoms with Gasteiger partial charge in [-0.25, -0.2) is 4.98 Å². The minimum atomic E-state index is -4.61. The summed E-state index contributed by atoms with van der Waals surface area (Å²) in [6.45, 7) is 2.71. The highest BCUT2D eigenvalue weighted by molar-refractivity contribution is 6.34. The first-order valence-corrected chi connectivity index (χ1v) is 9.83. The molecule has 0 bridgehead atoms. The number of amides is 1. The third-order valence-corrected chi connectivity index (χ3v) is 6.33. The van der Waals surface area contributed by atoms with E-state index in [0.717, 1.165) is 19.2 Å². The molecule has 1 aliphatic heterocycles. The van der Waals surface area contributed by atoms with Crippen LogP contribution in [0.4, 0.5) is 13.2 Å². The number of halogens is 4. The van der Waals surface area contributed by atoms with Gasteiger partial charge in [-0.05, 0) is 36.9 Å². The molecule has 1 aromatic carbocycles. The normalized spacial score (nSPS) is 23.9. The molecule has 1 saturated heterocycles. The number of likely N-dealkylation sites (tertiary alicyclic amines) is 1. The Bertz CT molecular complexity index is 917. The van der Waals surface area contributed by atoms with Crippen LogP contribution in [0.3, 0.4) is 0 Å². The van der Waals surface area contributed by atoms with Crippen molar-refractivity contribution in [2.75, 3.05) is 26.7 Å². The van der Waals surface area contributed by atoms with Gasteiger partial charge in [0.1, 0.15) is 0 Å². The maximum Gasteiger partial charge on any atom is 0.417 e. The first kappa shape index (κ1) is 20.2. The second kappa shape index (κ2) is 7.32. The summed E-state index contributed by atoms with van der Waals surface area (Å²) in [6.07, 6.45) is -1.18. The quantitative estimate of drug-likeness (QED) is 0.734.